The third kappa shape index (κ3) is 3.39. The lowest BCUT2D eigenvalue weighted by molar-refractivity contribution is 0.198. The first kappa shape index (κ1) is 14.2. The van der Waals surface area contributed by atoms with E-state index >= 15 is 0 Å². The number of furan rings is 1. The summed E-state index contributed by atoms with van der Waals surface area (Å²) in [5, 5.41) is 9.61. The van der Waals surface area contributed by atoms with Crippen LogP contribution in [0.2, 0.25) is 0 Å². The van der Waals surface area contributed by atoms with E-state index in [4.69, 9.17) is 4.42 Å². The van der Waals surface area contributed by atoms with Crippen molar-refractivity contribution in [1.29, 1.82) is 0 Å². The van der Waals surface area contributed by atoms with Gasteiger partial charge < -0.3 is 14.4 Å². The minimum absolute atomic E-state index is 0.471. The molecule has 0 aliphatic heterocycles. The Kier molecular flexibility index (Phi) is 4.32. The minimum Gasteiger partial charge on any atom is -0.464 e. The van der Waals surface area contributed by atoms with E-state index in [1.165, 1.54) is 0 Å². The zero-order valence-corrected chi connectivity index (χ0v) is 12.9. The van der Waals surface area contributed by atoms with E-state index < -0.39 is 6.10 Å². The molecule has 2 rings (SSSR count). The number of halogens is 1. The van der Waals surface area contributed by atoms with Gasteiger partial charge in [0.15, 0.2) is 0 Å². The smallest absolute Gasteiger partial charge is 0.123 e. The summed E-state index contributed by atoms with van der Waals surface area (Å²) in [4.78, 5) is 2.11. The summed E-state index contributed by atoms with van der Waals surface area (Å²) in [7, 11) is 2.02. The van der Waals surface area contributed by atoms with Crippen LogP contribution in [0.5, 0.6) is 0 Å². The molecule has 2 aromatic rings. The van der Waals surface area contributed by atoms with Gasteiger partial charge in [-0.3, -0.25) is 0 Å². The summed E-state index contributed by atoms with van der Waals surface area (Å²) in [5.74, 6) is 1.87. The van der Waals surface area contributed by atoms with Crippen molar-refractivity contribution in [3.8, 4) is 0 Å². The van der Waals surface area contributed by atoms with Crippen LogP contribution in [0.1, 0.15) is 30.1 Å². The average Bonchev–Trinajstić information content (AvgIpc) is 2.74. The van der Waals surface area contributed by atoms with Crippen LogP contribution in [0.25, 0.3) is 0 Å². The van der Waals surface area contributed by atoms with E-state index in [1.807, 2.05) is 44.3 Å². The second-order valence-electron chi connectivity index (χ2n) is 4.75. The number of aliphatic hydroxyl groups is 1. The highest BCUT2D eigenvalue weighted by Crippen LogP contribution is 2.28. The lowest BCUT2D eigenvalue weighted by Gasteiger charge is -2.19. The van der Waals surface area contributed by atoms with Crippen molar-refractivity contribution in [3.63, 3.8) is 0 Å². The summed E-state index contributed by atoms with van der Waals surface area (Å²) in [6.45, 7) is 4.42. The number of benzene rings is 1. The molecular formula is C15H18BrNO2. The number of nitrogens with zero attached hydrogens (tertiary/aromatic N) is 1. The molecule has 1 heterocycles. The molecule has 0 saturated heterocycles. The number of aliphatic hydroxyl groups excluding tert-OH is 1. The molecule has 0 aliphatic rings. The van der Waals surface area contributed by atoms with E-state index in [-0.39, 0.29) is 0 Å². The lowest BCUT2D eigenvalue weighted by Crippen LogP contribution is -2.16. The molecule has 0 saturated carbocycles. The highest BCUT2D eigenvalue weighted by Gasteiger charge is 2.10. The number of hydrogen-bond donors (Lipinski definition) is 1. The maximum atomic E-state index is 9.61. The van der Waals surface area contributed by atoms with Gasteiger partial charge in [-0.2, -0.15) is 0 Å². The molecule has 0 fully saturated rings. The maximum Gasteiger partial charge on any atom is 0.123 e. The van der Waals surface area contributed by atoms with Crippen LogP contribution < -0.4 is 4.90 Å². The van der Waals surface area contributed by atoms with E-state index in [1.54, 1.807) is 6.92 Å². The molecule has 0 unspecified atom stereocenters. The fourth-order valence-corrected chi connectivity index (χ4v) is 2.69. The van der Waals surface area contributed by atoms with E-state index in [9.17, 15) is 5.11 Å². The van der Waals surface area contributed by atoms with Crippen LogP contribution in [-0.2, 0) is 6.54 Å². The monoisotopic (exact) mass is 323 g/mol. The van der Waals surface area contributed by atoms with Gasteiger partial charge in [-0.25, -0.2) is 0 Å². The molecule has 3 nitrogen and oxygen atoms in total. The first-order valence-electron chi connectivity index (χ1n) is 6.21. The standard InChI is InChI=1S/C15H18BrNO2/c1-10-4-6-13(19-10)9-17(3)12-5-7-14(11(2)18)15(16)8-12/h4-8,11,18H,9H2,1-3H3/t11-/m1/s1. The van der Waals surface area contributed by atoms with Crippen molar-refractivity contribution in [2.75, 3.05) is 11.9 Å². The second-order valence-corrected chi connectivity index (χ2v) is 5.60. The average molecular weight is 324 g/mol. The number of hydrogen-bond acceptors (Lipinski definition) is 3. The molecule has 0 radical (unpaired) electrons. The summed E-state index contributed by atoms with van der Waals surface area (Å²) in [6, 6.07) is 9.91. The highest BCUT2D eigenvalue weighted by molar-refractivity contribution is 9.10. The van der Waals surface area contributed by atoms with Gasteiger partial charge in [0.1, 0.15) is 11.5 Å². The van der Waals surface area contributed by atoms with Gasteiger partial charge in [0.05, 0.1) is 12.6 Å². The summed E-state index contributed by atoms with van der Waals surface area (Å²) in [6.07, 6.45) is -0.471. The molecule has 1 aromatic carbocycles. The number of aryl methyl sites for hydroxylation is 1. The lowest BCUT2D eigenvalue weighted by atomic mass is 10.1. The summed E-state index contributed by atoms with van der Waals surface area (Å²) >= 11 is 3.50. The quantitative estimate of drug-likeness (QED) is 0.922. The number of rotatable bonds is 4. The van der Waals surface area contributed by atoms with Crippen molar-refractivity contribution in [3.05, 3.63) is 51.9 Å². The van der Waals surface area contributed by atoms with Gasteiger partial charge in [-0.05, 0) is 43.7 Å². The van der Waals surface area contributed by atoms with E-state index in [0.717, 1.165) is 27.2 Å². The second kappa shape index (κ2) is 5.80. The zero-order chi connectivity index (χ0) is 14.0. The fourth-order valence-electron chi connectivity index (χ4n) is 1.99. The predicted octanol–water partition coefficient (Wildman–Crippen LogP) is 4.04. The first-order chi connectivity index (χ1) is 8.97. The van der Waals surface area contributed by atoms with Gasteiger partial charge >= 0.3 is 0 Å². The normalized spacial score (nSPS) is 12.5. The van der Waals surface area contributed by atoms with Crippen LogP contribution in [0.4, 0.5) is 5.69 Å². The van der Waals surface area contributed by atoms with Crippen LogP contribution in [0.15, 0.2) is 39.2 Å². The molecule has 0 spiro atoms. The molecular weight excluding hydrogens is 306 g/mol. The van der Waals surface area contributed by atoms with Crippen molar-refractivity contribution in [2.45, 2.75) is 26.5 Å². The van der Waals surface area contributed by atoms with Gasteiger partial charge in [-0.15, -0.1) is 0 Å². The van der Waals surface area contributed by atoms with E-state index in [0.29, 0.717) is 6.54 Å². The SMILES string of the molecule is Cc1ccc(CN(C)c2ccc([C@@H](C)O)c(Br)c2)o1. The summed E-state index contributed by atoms with van der Waals surface area (Å²) in [5.41, 5.74) is 1.97. The van der Waals surface area contributed by atoms with Gasteiger partial charge in [-0.1, -0.05) is 22.0 Å². The highest BCUT2D eigenvalue weighted by atomic mass is 79.9. The van der Waals surface area contributed by atoms with Crippen LogP contribution in [0, 0.1) is 6.92 Å². The molecule has 0 bridgehead atoms. The third-order valence-corrected chi connectivity index (χ3v) is 3.75. The Morgan fingerprint density at radius 3 is 2.58 bits per heavy atom. The Hall–Kier alpha value is -1.26. The maximum absolute atomic E-state index is 9.61. The van der Waals surface area contributed by atoms with Crippen LogP contribution >= 0.6 is 15.9 Å². The number of anilines is 1. The van der Waals surface area contributed by atoms with Crippen LogP contribution in [-0.4, -0.2) is 12.2 Å². The predicted molar refractivity (Wildman–Crippen MR) is 80.3 cm³/mol. The fraction of sp³-hybridized carbons (Fsp3) is 0.333. The molecule has 19 heavy (non-hydrogen) atoms. The van der Waals surface area contributed by atoms with Crippen molar-refractivity contribution >= 4 is 21.6 Å². The zero-order valence-electron chi connectivity index (χ0n) is 11.4. The van der Waals surface area contributed by atoms with Crippen LogP contribution in [0.3, 0.4) is 0 Å². The topological polar surface area (TPSA) is 36.6 Å². The Balaban J connectivity index is 2.15. The van der Waals surface area contributed by atoms with Gasteiger partial charge in [0, 0.05) is 17.2 Å². The summed E-state index contributed by atoms with van der Waals surface area (Å²) < 4.78 is 6.49. The first-order valence-corrected chi connectivity index (χ1v) is 7.00. The Labute approximate surface area is 122 Å². The molecule has 4 heteroatoms. The van der Waals surface area contributed by atoms with E-state index in [2.05, 4.69) is 20.8 Å². The molecule has 102 valence electrons. The largest absolute Gasteiger partial charge is 0.464 e. The Morgan fingerprint density at radius 1 is 1.32 bits per heavy atom. The Bertz CT molecular complexity index is 563. The molecule has 0 amide bonds. The molecule has 1 N–H and O–H groups in total. The van der Waals surface area contributed by atoms with Crippen molar-refractivity contribution < 1.29 is 9.52 Å². The minimum atomic E-state index is -0.471. The van der Waals surface area contributed by atoms with Gasteiger partial charge in [0.2, 0.25) is 0 Å². The van der Waals surface area contributed by atoms with Crippen molar-refractivity contribution in [2.24, 2.45) is 0 Å². The van der Waals surface area contributed by atoms with Crippen molar-refractivity contribution in [1.82, 2.24) is 0 Å². The molecule has 1 atom stereocenters. The Morgan fingerprint density at radius 2 is 2.05 bits per heavy atom. The molecule has 0 aliphatic carbocycles. The third-order valence-electron chi connectivity index (χ3n) is 3.06. The van der Waals surface area contributed by atoms with Gasteiger partial charge in [0.25, 0.3) is 0 Å². The molecule has 1 aromatic heterocycles.